The van der Waals surface area contributed by atoms with Crippen LogP contribution in [0.3, 0.4) is 0 Å². The van der Waals surface area contributed by atoms with Crippen molar-refractivity contribution in [1.29, 1.82) is 0 Å². The van der Waals surface area contributed by atoms with Gasteiger partial charge in [0.15, 0.2) is 16.8 Å². The van der Waals surface area contributed by atoms with Gasteiger partial charge in [0.05, 0.1) is 17.9 Å². The van der Waals surface area contributed by atoms with Gasteiger partial charge in [-0.05, 0) is 31.8 Å². The average Bonchev–Trinajstić information content (AvgIpc) is 3.07. The molecular formula is C19H20FN7O2. The Bertz CT molecular complexity index is 1230. The SMILES string of the molecule is COCc1nn2c(nnc3c(=O)n(CCN(C)C)cnc32)c1-c1ccc(F)cc1. The molecular weight excluding hydrogens is 377 g/mol. The first-order chi connectivity index (χ1) is 14.0. The van der Waals surface area contributed by atoms with Gasteiger partial charge in [0, 0.05) is 20.2 Å². The Morgan fingerprint density at radius 2 is 1.90 bits per heavy atom. The summed E-state index contributed by atoms with van der Waals surface area (Å²) in [7, 11) is 5.42. The Morgan fingerprint density at radius 1 is 1.14 bits per heavy atom. The molecule has 1 aromatic carbocycles. The molecule has 29 heavy (non-hydrogen) atoms. The molecule has 0 aliphatic heterocycles. The third-order valence-electron chi connectivity index (χ3n) is 4.58. The zero-order valence-corrected chi connectivity index (χ0v) is 16.3. The van der Waals surface area contributed by atoms with Crippen LogP contribution in [-0.4, -0.2) is 62.0 Å². The highest BCUT2D eigenvalue weighted by molar-refractivity contribution is 5.83. The minimum absolute atomic E-state index is 0.135. The Labute approximate surface area is 165 Å². The molecule has 3 aromatic heterocycles. The second-order valence-electron chi connectivity index (χ2n) is 6.92. The van der Waals surface area contributed by atoms with Gasteiger partial charge in [0.2, 0.25) is 0 Å². The molecule has 150 valence electrons. The van der Waals surface area contributed by atoms with Gasteiger partial charge in [-0.3, -0.25) is 9.36 Å². The number of likely N-dealkylation sites (N-methyl/N-ethyl adjacent to an activating group) is 1. The Kier molecular flexibility index (Phi) is 5.03. The summed E-state index contributed by atoms with van der Waals surface area (Å²) in [5.74, 6) is -0.338. The Hall–Kier alpha value is -3.24. The monoisotopic (exact) mass is 397 g/mol. The largest absolute Gasteiger partial charge is 0.378 e. The molecule has 0 aliphatic rings. The van der Waals surface area contributed by atoms with Crippen molar-refractivity contribution in [2.75, 3.05) is 27.7 Å². The number of fused-ring (bicyclic) bond motifs is 3. The third-order valence-corrected chi connectivity index (χ3v) is 4.58. The van der Waals surface area contributed by atoms with Crippen molar-refractivity contribution in [1.82, 2.24) is 34.3 Å². The molecule has 4 rings (SSSR count). The van der Waals surface area contributed by atoms with Gasteiger partial charge in [0.1, 0.15) is 12.1 Å². The van der Waals surface area contributed by atoms with Crippen molar-refractivity contribution in [3.05, 3.63) is 52.5 Å². The number of hydrogen-bond donors (Lipinski definition) is 0. The molecule has 0 atom stereocenters. The van der Waals surface area contributed by atoms with E-state index < -0.39 is 0 Å². The molecule has 0 saturated heterocycles. The standard InChI is InChI=1S/C19H20FN7O2/c1-25(2)8-9-26-11-21-18-16(19(26)28)22-23-17-15(12-4-6-13(20)7-5-12)14(10-29-3)24-27(17)18/h4-7,11H,8-10H2,1-3H3. The van der Waals surface area contributed by atoms with Crippen LogP contribution in [0.5, 0.6) is 0 Å². The second kappa shape index (κ2) is 7.64. The lowest BCUT2D eigenvalue weighted by Crippen LogP contribution is -2.28. The Morgan fingerprint density at radius 3 is 2.59 bits per heavy atom. The van der Waals surface area contributed by atoms with E-state index in [0.29, 0.717) is 35.6 Å². The lowest BCUT2D eigenvalue weighted by molar-refractivity contribution is 0.181. The molecule has 0 radical (unpaired) electrons. The van der Waals surface area contributed by atoms with Crippen molar-refractivity contribution in [2.24, 2.45) is 0 Å². The Balaban J connectivity index is 1.92. The summed E-state index contributed by atoms with van der Waals surface area (Å²) in [6.45, 7) is 1.40. The molecule has 0 unspecified atom stereocenters. The highest BCUT2D eigenvalue weighted by Crippen LogP contribution is 2.28. The summed E-state index contributed by atoms with van der Waals surface area (Å²) in [6, 6.07) is 6.02. The van der Waals surface area contributed by atoms with Crippen molar-refractivity contribution in [3.63, 3.8) is 0 Å². The minimum Gasteiger partial charge on any atom is -0.378 e. The predicted octanol–water partition coefficient (Wildman–Crippen LogP) is 1.35. The summed E-state index contributed by atoms with van der Waals surface area (Å²) >= 11 is 0. The molecule has 0 N–H and O–H groups in total. The molecule has 0 amide bonds. The lowest BCUT2D eigenvalue weighted by Gasteiger charge is -2.11. The highest BCUT2D eigenvalue weighted by Gasteiger charge is 2.20. The normalized spacial score (nSPS) is 11.8. The quantitative estimate of drug-likeness (QED) is 0.485. The van der Waals surface area contributed by atoms with Crippen LogP contribution in [0.2, 0.25) is 0 Å². The molecule has 0 bridgehead atoms. The van der Waals surface area contributed by atoms with E-state index in [1.165, 1.54) is 27.5 Å². The van der Waals surface area contributed by atoms with Crippen molar-refractivity contribution in [3.8, 4) is 11.1 Å². The van der Waals surface area contributed by atoms with Crippen molar-refractivity contribution < 1.29 is 9.13 Å². The minimum atomic E-state index is -0.338. The number of halogens is 1. The molecule has 9 nitrogen and oxygen atoms in total. The number of methoxy groups -OCH3 is 1. The van der Waals surface area contributed by atoms with Crippen LogP contribution in [-0.2, 0) is 17.9 Å². The molecule has 0 saturated carbocycles. The van der Waals surface area contributed by atoms with Crippen LogP contribution >= 0.6 is 0 Å². The first-order valence-electron chi connectivity index (χ1n) is 9.02. The molecule has 0 fully saturated rings. The number of rotatable bonds is 6. The number of hydrogen-bond acceptors (Lipinski definition) is 7. The number of benzene rings is 1. The van der Waals surface area contributed by atoms with E-state index in [4.69, 9.17) is 4.74 Å². The fourth-order valence-electron chi connectivity index (χ4n) is 3.12. The maximum atomic E-state index is 13.4. The first kappa shape index (κ1) is 19.1. The maximum Gasteiger partial charge on any atom is 0.283 e. The van der Waals surface area contributed by atoms with Crippen molar-refractivity contribution >= 4 is 16.8 Å². The molecule has 0 aliphatic carbocycles. The highest BCUT2D eigenvalue weighted by atomic mass is 19.1. The van der Waals surface area contributed by atoms with Crippen LogP contribution in [0.4, 0.5) is 4.39 Å². The fraction of sp³-hybridized carbons (Fsp3) is 0.316. The molecule has 4 aromatic rings. The van der Waals surface area contributed by atoms with Crippen LogP contribution < -0.4 is 5.56 Å². The van der Waals surface area contributed by atoms with Gasteiger partial charge < -0.3 is 9.64 Å². The fourth-order valence-corrected chi connectivity index (χ4v) is 3.12. The second-order valence-corrected chi connectivity index (χ2v) is 6.92. The average molecular weight is 397 g/mol. The summed E-state index contributed by atoms with van der Waals surface area (Å²) < 4.78 is 21.6. The lowest BCUT2D eigenvalue weighted by atomic mass is 10.1. The van der Waals surface area contributed by atoms with E-state index in [2.05, 4.69) is 20.3 Å². The number of nitrogens with zero attached hydrogens (tertiary/aromatic N) is 7. The van der Waals surface area contributed by atoms with Crippen molar-refractivity contribution in [2.45, 2.75) is 13.2 Å². The topological polar surface area (TPSA) is 90.4 Å². The zero-order valence-electron chi connectivity index (χ0n) is 16.3. The summed E-state index contributed by atoms with van der Waals surface area (Å²) in [5.41, 5.74) is 2.58. The van der Waals surface area contributed by atoms with Crippen LogP contribution in [0.25, 0.3) is 27.9 Å². The van der Waals surface area contributed by atoms with E-state index in [1.807, 2.05) is 19.0 Å². The van der Waals surface area contributed by atoms with E-state index >= 15 is 0 Å². The molecule has 3 heterocycles. The third kappa shape index (κ3) is 3.47. The van der Waals surface area contributed by atoms with Gasteiger partial charge in [-0.1, -0.05) is 12.1 Å². The van der Waals surface area contributed by atoms with Crippen LogP contribution in [0.1, 0.15) is 5.69 Å². The summed E-state index contributed by atoms with van der Waals surface area (Å²) in [5, 5.41) is 12.9. The van der Waals surface area contributed by atoms with Gasteiger partial charge in [-0.25, -0.2) is 9.37 Å². The smallest absolute Gasteiger partial charge is 0.283 e. The summed E-state index contributed by atoms with van der Waals surface area (Å²) in [6.07, 6.45) is 1.49. The van der Waals surface area contributed by atoms with E-state index in [9.17, 15) is 9.18 Å². The van der Waals surface area contributed by atoms with E-state index in [1.54, 1.807) is 19.2 Å². The predicted molar refractivity (Wildman–Crippen MR) is 105 cm³/mol. The van der Waals surface area contributed by atoms with E-state index in [-0.39, 0.29) is 23.5 Å². The summed E-state index contributed by atoms with van der Waals surface area (Å²) in [4.78, 5) is 19.2. The van der Waals surface area contributed by atoms with E-state index in [0.717, 1.165) is 5.56 Å². The van der Waals surface area contributed by atoms with Gasteiger partial charge >= 0.3 is 0 Å². The van der Waals surface area contributed by atoms with Gasteiger partial charge in [0.25, 0.3) is 5.56 Å². The number of ether oxygens (including phenoxy) is 1. The zero-order chi connectivity index (χ0) is 20.5. The van der Waals surface area contributed by atoms with Gasteiger partial charge in [-0.15, -0.1) is 10.2 Å². The molecule has 10 heteroatoms. The van der Waals surface area contributed by atoms with Gasteiger partial charge in [-0.2, -0.15) is 9.61 Å². The first-order valence-corrected chi connectivity index (χ1v) is 9.02. The molecule has 0 spiro atoms. The number of aromatic nitrogens is 6. The maximum absolute atomic E-state index is 13.4. The van der Waals surface area contributed by atoms with Crippen LogP contribution in [0, 0.1) is 5.82 Å². The van der Waals surface area contributed by atoms with Crippen LogP contribution in [0.15, 0.2) is 35.4 Å².